The van der Waals surface area contributed by atoms with Crippen molar-refractivity contribution in [3.05, 3.63) is 144 Å². The number of hydrogen-bond donors (Lipinski definition) is 6. The third-order valence-corrected chi connectivity index (χ3v) is 15.6. The summed E-state index contributed by atoms with van der Waals surface area (Å²) in [7, 11) is 0. The van der Waals surface area contributed by atoms with Crippen molar-refractivity contribution in [2.75, 3.05) is 6.54 Å². The summed E-state index contributed by atoms with van der Waals surface area (Å²) in [6, 6.07) is 33.6. The van der Waals surface area contributed by atoms with E-state index in [0.717, 1.165) is 140 Å². The molecule has 3 saturated carbocycles. The second-order valence-corrected chi connectivity index (χ2v) is 20.0. The predicted octanol–water partition coefficient (Wildman–Crippen LogP) is 9.82. The SMILES string of the molecule is O=C(NC1CCCC1)N[C@H](C(=O)N1[C@H]2CC[C@@H](C2)[C@@H]1c1ncc(-c2ccc(-c3ccc(-c4cnc([C@@H]5CCCN5C(=O)[C@H](NC(=O)NC5CCCC5)c5ccccc5)[nH]4)cc3)cc2)[nH]1)c1ccccc1. The molecule has 3 aliphatic carbocycles. The van der Waals surface area contributed by atoms with Gasteiger partial charge in [-0.25, -0.2) is 19.6 Å². The first-order valence-corrected chi connectivity index (χ1v) is 25.5. The fraction of sp³-hybridized carbons (Fsp3) is 0.393. The number of urea groups is 2. The molecule has 360 valence electrons. The number of nitrogens with one attached hydrogen (secondary N) is 6. The lowest BCUT2D eigenvalue weighted by molar-refractivity contribution is -0.138. The number of amides is 6. The molecule has 2 aliphatic heterocycles. The van der Waals surface area contributed by atoms with Crippen molar-refractivity contribution < 1.29 is 19.2 Å². The maximum atomic E-state index is 14.7. The van der Waals surface area contributed by atoms with Gasteiger partial charge in [-0.05, 0) is 97.1 Å². The van der Waals surface area contributed by atoms with Gasteiger partial charge in [-0.3, -0.25) is 9.59 Å². The largest absolute Gasteiger partial charge is 0.340 e. The van der Waals surface area contributed by atoms with Crippen LogP contribution in [0.3, 0.4) is 0 Å². The van der Waals surface area contributed by atoms with E-state index in [-0.39, 0.29) is 54.1 Å². The molecule has 14 nitrogen and oxygen atoms in total. The molecule has 4 heterocycles. The number of imidazole rings is 2. The van der Waals surface area contributed by atoms with E-state index >= 15 is 0 Å². The van der Waals surface area contributed by atoms with Crippen LogP contribution in [0.2, 0.25) is 0 Å². The van der Waals surface area contributed by atoms with Gasteiger partial charge >= 0.3 is 12.1 Å². The van der Waals surface area contributed by atoms with Gasteiger partial charge in [0.25, 0.3) is 5.91 Å². The van der Waals surface area contributed by atoms with Crippen LogP contribution in [0, 0.1) is 5.92 Å². The minimum atomic E-state index is -0.809. The van der Waals surface area contributed by atoms with Crippen molar-refractivity contribution in [2.45, 2.75) is 126 Å². The summed E-state index contributed by atoms with van der Waals surface area (Å²) >= 11 is 0. The molecular weight excluding hydrogens is 877 g/mol. The van der Waals surface area contributed by atoms with Gasteiger partial charge < -0.3 is 41.0 Å². The molecule has 70 heavy (non-hydrogen) atoms. The Morgan fingerprint density at radius 2 is 1.01 bits per heavy atom. The number of carbonyl (C=O) groups is 4. The molecule has 4 aromatic carbocycles. The van der Waals surface area contributed by atoms with E-state index in [4.69, 9.17) is 9.97 Å². The molecule has 0 unspecified atom stereocenters. The van der Waals surface area contributed by atoms with Gasteiger partial charge in [0.15, 0.2) is 0 Å². The number of hydrogen-bond acceptors (Lipinski definition) is 6. The number of carbonyl (C=O) groups excluding carboxylic acids is 4. The Labute approximate surface area is 408 Å². The van der Waals surface area contributed by atoms with E-state index in [9.17, 15) is 19.2 Å². The highest BCUT2D eigenvalue weighted by Gasteiger charge is 2.51. The number of nitrogens with zero attached hydrogens (tertiary/aromatic N) is 4. The highest BCUT2D eigenvalue weighted by atomic mass is 16.2. The number of benzene rings is 4. The van der Waals surface area contributed by atoms with Gasteiger partial charge in [-0.15, -0.1) is 0 Å². The number of likely N-dealkylation sites (tertiary alicyclic amines) is 2. The molecule has 6 aromatic rings. The fourth-order valence-electron chi connectivity index (χ4n) is 12.0. The standard InChI is InChI=1S/C56H62N10O4/c67-53(48(39-12-3-1-4-13-39)63-55(69)59-42-16-7-8-17-42)65-31-11-20-47(65)51-57-33-45(61-51)37-25-21-35(22-26-37)36-23-27-38(28-24-36)46-34-58-52(62-46)50-41-29-30-44(32-41)66(50)54(68)49(40-14-5-2-6-15-40)64-56(70)60-43-18-9-10-19-43/h1-6,12-15,21-28,33-34,41-44,47-50H,7-11,16-20,29-32H2,(H,57,61)(H,58,62)(H2,59,63,69)(H2,60,64,70)/t41-,44-,47-,48+,49-,50+/m0/s1. The number of H-pyrrole nitrogens is 2. The van der Waals surface area contributed by atoms with E-state index in [0.29, 0.717) is 12.5 Å². The van der Waals surface area contributed by atoms with Crippen LogP contribution in [-0.4, -0.2) is 78.3 Å². The first-order valence-electron chi connectivity index (χ1n) is 25.5. The predicted molar refractivity (Wildman–Crippen MR) is 268 cm³/mol. The highest BCUT2D eigenvalue weighted by molar-refractivity contribution is 5.90. The van der Waals surface area contributed by atoms with E-state index in [2.05, 4.69) is 79.8 Å². The average Bonchev–Trinajstić information content (AvgIpc) is 4.26. The summed E-state index contributed by atoms with van der Waals surface area (Å²) in [5.41, 5.74) is 7.39. The maximum Gasteiger partial charge on any atom is 0.315 e. The van der Waals surface area contributed by atoms with Crippen LogP contribution in [-0.2, 0) is 9.59 Å². The molecule has 2 aromatic heterocycles. The molecule has 2 saturated heterocycles. The van der Waals surface area contributed by atoms with E-state index < -0.39 is 12.1 Å². The fourth-order valence-corrected chi connectivity index (χ4v) is 12.0. The van der Waals surface area contributed by atoms with Crippen molar-refractivity contribution in [3.63, 3.8) is 0 Å². The van der Waals surface area contributed by atoms with Gasteiger partial charge in [0.2, 0.25) is 5.91 Å². The molecule has 6 atom stereocenters. The smallest absolute Gasteiger partial charge is 0.315 e. The minimum Gasteiger partial charge on any atom is -0.340 e. The van der Waals surface area contributed by atoms with Gasteiger partial charge in [0.05, 0.1) is 35.9 Å². The van der Waals surface area contributed by atoms with E-state index in [1.165, 1.54) is 0 Å². The highest BCUT2D eigenvalue weighted by Crippen LogP contribution is 2.50. The Kier molecular flexibility index (Phi) is 12.9. The summed E-state index contributed by atoms with van der Waals surface area (Å²) in [6.07, 6.45) is 16.5. The van der Waals surface area contributed by atoms with E-state index in [1.807, 2.05) is 82.9 Å². The average molecular weight is 939 g/mol. The molecule has 5 fully saturated rings. The minimum absolute atomic E-state index is 0.0960. The summed E-state index contributed by atoms with van der Waals surface area (Å²) in [6.45, 7) is 0.584. The molecule has 5 aliphatic rings. The quantitative estimate of drug-likeness (QED) is 0.0671. The molecule has 6 amide bonds. The first-order chi connectivity index (χ1) is 34.3. The van der Waals surface area contributed by atoms with Crippen LogP contribution in [0.15, 0.2) is 122 Å². The third-order valence-electron chi connectivity index (χ3n) is 15.6. The lowest BCUT2D eigenvalue weighted by Gasteiger charge is -2.37. The van der Waals surface area contributed by atoms with Crippen molar-refractivity contribution in [1.29, 1.82) is 0 Å². The first kappa shape index (κ1) is 45.2. The second kappa shape index (κ2) is 20.0. The molecule has 0 radical (unpaired) electrons. The Bertz CT molecular complexity index is 2780. The van der Waals surface area contributed by atoms with Gasteiger partial charge in [-0.1, -0.05) is 135 Å². The van der Waals surface area contributed by atoms with Gasteiger partial charge in [0.1, 0.15) is 23.7 Å². The second-order valence-electron chi connectivity index (χ2n) is 20.0. The molecule has 11 rings (SSSR count). The zero-order valence-electron chi connectivity index (χ0n) is 39.5. The van der Waals surface area contributed by atoms with Gasteiger partial charge in [0, 0.05) is 24.7 Å². The Hall–Kier alpha value is -7.22. The van der Waals surface area contributed by atoms with Crippen molar-refractivity contribution in [2.24, 2.45) is 5.92 Å². The Balaban J connectivity index is 0.751. The van der Waals surface area contributed by atoms with Crippen LogP contribution in [0.4, 0.5) is 9.59 Å². The van der Waals surface area contributed by atoms with Crippen LogP contribution >= 0.6 is 0 Å². The van der Waals surface area contributed by atoms with Crippen LogP contribution in [0.1, 0.15) is 130 Å². The monoisotopic (exact) mass is 938 g/mol. The number of aromatic nitrogens is 4. The van der Waals surface area contributed by atoms with Crippen molar-refractivity contribution in [3.8, 4) is 33.6 Å². The van der Waals surface area contributed by atoms with E-state index in [1.54, 1.807) is 0 Å². The number of rotatable bonds is 13. The summed E-state index contributed by atoms with van der Waals surface area (Å²) in [5.74, 6) is 1.56. The number of aromatic amines is 2. The number of piperidine rings is 1. The molecular formula is C56H62N10O4. The van der Waals surface area contributed by atoms with Crippen molar-refractivity contribution >= 4 is 23.9 Å². The Morgan fingerprint density at radius 3 is 1.56 bits per heavy atom. The maximum absolute atomic E-state index is 14.7. The Morgan fingerprint density at radius 1 is 0.529 bits per heavy atom. The lowest BCUT2D eigenvalue weighted by atomic mass is 9.96. The van der Waals surface area contributed by atoms with Gasteiger partial charge in [-0.2, -0.15) is 0 Å². The van der Waals surface area contributed by atoms with Crippen LogP contribution in [0.25, 0.3) is 33.6 Å². The number of fused-ring (bicyclic) bond motifs is 2. The third kappa shape index (κ3) is 9.43. The normalized spacial score (nSPS) is 22.0. The molecule has 14 heteroatoms. The van der Waals surface area contributed by atoms with Crippen LogP contribution in [0.5, 0.6) is 0 Å². The molecule has 2 bridgehead atoms. The topological polar surface area (TPSA) is 180 Å². The summed E-state index contributed by atoms with van der Waals surface area (Å²) < 4.78 is 0. The van der Waals surface area contributed by atoms with Crippen LogP contribution < -0.4 is 21.3 Å². The van der Waals surface area contributed by atoms with Crippen molar-refractivity contribution in [1.82, 2.24) is 51.0 Å². The zero-order valence-corrected chi connectivity index (χ0v) is 39.5. The summed E-state index contributed by atoms with van der Waals surface area (Å²) in [5, 5.41) is 12.3. The summed E-state index contributed by atoms with van der Waals surface area (Å²) in [4.78, 5) is 76.1. The molecule has 0 spiro atoms. The zero-order chi connectivity index (χ0) is 47.6. The lowest BCUT2D eigenvalue weighted by Crippen LogP contribution is -2.50. The molecule has 6 N–H and O–H groups in total.